The van der Waals surface area contributed by atoms with Crippen molar-refractivity contribution in [3.8, 4) is 103 Å². The van der Waals surface area contributed by atoms with E-state index in [0.29, 0.717) is 101 Å². The number of halogens is 4. The van der Waals surface area contributed by atoms with Gasteiger partial charge < -0.3 is 90.9 Å². The van der Waals surface area contributed by atoms with Gasteiger partial charge in [0.15, 0.2) is 104 Å². The van der Waals surface area contributed by atoms with Crippen molar-refractivity contribution in [2.24, 2.45) is 0 Å². The first kappa shape index (κ1) is 92.0. The van der Waals surface area contributed by atoms with Gasteiger partial charge in [0.05, 0.1) is 39.5 Å². The van der Waals surface area contributed by atoms with Gasteiger partial charge in [-0.3, -0.25) is 54.5 Å². The van der Waals surface area contributed by atoms with E-state index in [0.717, 1.165) is 56.2 Å². The number of aromatic nitrogens is 23. The lowest BCUT2D eigenvalue weighted by molar-refractivity contribution is 0.0952. The van der Waals surface area contributed by atoms with Crippen molar-refractivity contribution in [3.05, 3.63) is 294 Å². The van der Waals surface area contributed by atoms with Crippen molar-refractivity contribution >= 4 is 125 Å². The molecule has 4 amide bonds. The van der Waals surface area contributed by atoms with Crippen molar-refractivity contribution in [2.75, 3.05) is 56.3 Å². The Labute approximate surface area is 804 Å². The molecule has 0 spiro atoms. The molecule has 1 aliphatic rings. The third kappa shape index (κ3) is 19.6. The standard InChI is InChI=1S/C26H20FN9O2.C25H20FN7O4.C24H20FN7O2.C23H19FN8O2/c1-13-9-15-16(33-13)5-6-20(23(15)27)38-26-22(25(37)28-2)24(31-12-32-26)34-21-11-18(35-36-21)14-3-4-17-19(10-14)30-8-7-29-17;1-12-7-14-15(30-12)4-6-18(22(14)26)37-25-21(24(34)27-2)23(28-10-29-25)31-20-9-16(32-33-20)13-3-5-17-19(8-13)36-11-35-17;1-13-10-15-16(29-13)8-9-18(21(15)25)34-24-20(23(33)26-2)22(27-12-28-24)30-19-11-17(31-32-19)14-6-4-3-5-7-14;1-12-9-13-14(29-12)6-7-17(20(13)24)34-23-19(22(33)25-2)21(27-11-28-23)30-18-10-16(31-32-18)15-5-3-4-8-26-15/h3-12,33H,1-2H3,(H,28,37)(H2,31,32,34,35,36);3-10,30H,11H2,1-2H3,(H,27,34)(H2,28,29,31,32,33);3-12,29H,1-2H3,(H,26,33)(H2,27,28,30,31,32);3-11,29H,1-2H3,(H,25,33)(H2,27,28,30,31,32). The Hall–Kier alpha value is -20.0. The molecule has 0 unspecified atom stereocenters. The van der Waals surface area contributed by atoms with Crippen LogP contribution in [0.15, 0.2) is 226 Å². The van der Waals surface area contributed by atoms with Crippen LogP contribution >= 0.6 is 0 Å². The number of aryl methyl sites for hydroxylation is 4. The minimum Gasteiger partial charge on any atom is -0.454 e. The maximum Gasteiger partial charge on any atom is 0.260 e. The summed E-state index contributed by atoms with van der Waals surface area (Å²) in [5.74, 6) is -1.56. The van der Waals surface area contributed by atoms with Gasteiger partial charge in [0.2, 0.25) is 30.3 Å². The van der Waals surface area contributed by atoms with E-state index in [1.807, 2.05) is 113 Å². The summed E-state index contributed by atoms with van der Waals surface area (Å²) in [6, 6.07) is 52.8. The van der Waals surface area contributed by atoms with E-state index in [2.05, 4.69) is 158 Å². The molecule has 0 atom stereocenters. The summed E-state index contributed by atoms with van der Waals surface area (Å²) >= 11 is 0. The number of nitrogens with one attached hydrogen (secondary N) is 16. The molecule has 7 aromatic carbocycles. The first-order chi connectivity index (χ1) is 69.5. The topological polar surface area (TPSA) is 540 Å². The molecule has 41 nitrogen and oxygen atoms in total. The molecule has 0 saturated carbocycles. The predicted molar refractivity (Wildman–Crippen MR) is 520 cm³/mol. The number of benzene rings is 7. The third-order valence-electron chi connectivity index (χ3n) is 22.0. The molecular formula is C98H79F4N31O10. The Morgan fingerprint density at radius 2 is 0.650 bits per heavy atom. The highest BCUT2D eigenvalue weighted by Gasteiger charge is 2.30. The normalized spacial score (nSPS) is 11.3. The Balaban J connectivity index is 0.000000121. The molecule has 0 fully saturated rings. The minimum atomic E-state index is -0.571. The van der Waals surface area contributed by atoms with Crippen LogP contribution in [0, 0.1) is 51.0 Å². The molecule has 16 N–H and O–H groups in total. The van der Waals surface area contributed by atoms with E-state index in [-0.39, 0.29) is 98.8 Å². The summed E-state index contributed by atoms with van der Waals surface area (Å²) in [5, 5.41) is 52.5. The lowest BCUT2D eigenvalue weighted by Gasteiger charge is -2.13. The zero-order chi connectivity index (χ0) is 99.1. The molecule has 0 saturated heterocycles. The number of hydrogen-bond acceptors (Lipinski definition) is 29. The molecule has 143 heavy (non-hydrogen) atoms. The van der Waals surface area contributed by atoms with Crippen molar-refractivity contribution in [2.45, 2.75) is 27.7 Å². The Kier molecular flexibility index (Phi) is 25.8. The average molecular weight is 1930 g/mol. The van der Waals surface area contributed by atoms with Crippen LogP contribution in [0.3, 0.4) is 0 Å². The lowest BCUT2D eigenvalue weighted by Crippen LogP contribution is -2.21. The molecule has 45 heteroatoms. The number of carbonyl (C=O) groups excluding carboxylic acids is 4. The van der Waals surface area contributed by atoms with E-state index in [1.54, 1.807) is 91.4 Å². The molecule has 714 valence electrons. The first-order valence-corrected chi connectivity index (χ1v) is 43.6. The van der Waals surface area contributed by atoms with Gasteiger partial charge in [0.1, 0.15) is 47.6 Å². The fourth-order valence-corrected chi connectivity index (χ4v) is 15.3. The summed E-state index contributed by atoms with van der Waals surface area (Å²) < 4.78 is 94.3. The van der Waals surface area contributed by atoms with Gasteiger partial charge in [-0.25, -0.2) is 57.4 Å². The minimum absolute atomic E-state index is 0.00266. The number of hydrogen-bond donors (Lipinski definition) is 16. The van der Waals surface area contributed by atoms with Crippen molar-refractivity contribution in [3.63, 3.8) is 0 Å². The maximum absolute atomic E-state index is 15.2. The second-order valence-corrected chi connectivity index (χ2v) is 31.6. The van der Waals surface area contributed by atoms with Gasteiger partial charge in [0, 0.05) is 149 Å². The van der Waals surface area contributed by atoms with Crippen LogP contribution in [0.1, 0.15) is 64.2 Å². The summed E-state index contributed by atoms with van der Waals surface area (Å²) in [5.41, 5.74) is 13.5. The fourth-order valence-electron chi connectivity index (χ4n) is 15.3. The van der Waals surface area contributed by atoms with Crippen LogP contribution in [0.5, 0.6) is 58.0 Å². The second-order valence-electron chi connectivity index (χ2n) is 31.6. The molecule has 0 radical (unpaired) electrons. The third-order valence-corrected chi connectivity index (χ3v) is 22.0. The zero-order valence-corrected chi connectivity index (χ0v) is 76.4. The molecule has 1 aliphatic heterocycles. The average Bonchev–Trinajstić information content (AvgIpc) is 1.71. The molecule has 22 rings (SSSR count). The molecule has 0 bridgehead atoms. The number of amides is 4. The smallest absolute Gasteiger partial charge is 0.260 e. The van der Waals surface area contributed by atoms with Crippen molar-refractivity contribution in [1.82, 2.24) is 137 Å². The number of carbonyl (C=O) groups is 4. The fraction of sp³-hybridized carbons (Fsp3) is 0.0918. The lowest BCUT2D eigenvalue weighted by atomic mass is 10.1. The first-order valence-electron chi connectivity index (χ1n) is 43.6. The Morgan fingerprint density at radius 3 is 1.02 bits per heavy atom. The SMILES string of the molecule is CNC(=O)c1c(Nc2cc(-c3ccc4c(c3)OCO4)[nH]n2)ncnc1Oc1ccc2[nH]c(C)cc2c1F.CNC(=O)c1c(Nc2cc(-c3ccc4nccnc4c3)[nH]n2)ncnc1Oc1ccc2[nH]c(C)cc2c1F.CNC(=O)c1c(Nc2cc(-c3ccccc3)[nH]n2)ncnc1Oc1ccc2[nH]c(C)cc2c1F.CNC(=O)c1c(Nc2cc(-c3ccccn3)[nH]n2)ncnc1Oc1ccc2[nH]c(C)cc2c1F. The van der Waals surface area contributed by atoms with Gasteiger partial charge in [-0.2, -0.15) is 20.4 Å². The van der Waals surface area contributed by atoms with Crippen LogP contribution in [-0.2, 0) is 0 Å². The van der Waals surface area contributed by atoms with Crippen molar-refractivity contribution < 1.29 is 65.2 Å². The summed E-state index contributed by atoms with van der Waals surface area (Å²) in [4.78, 5) is 109. The number of aromatic amines is 8. The van der Waals surface area contributed by atoms with Crippen LogP contribution in [0.2, 0.25) is 0 Å². The number of anilines is 8. The number of H-pyrrole nitrogens is 8. The van der Waals surface area contributed by atoms with Crippen LogP contribution in [-0.4, -0.2) is 174 Å². The number of ether oxygens (including phenoxy) is 6. The molecule has 21 aromatic rings. The second kappa shape index (κ2) is 40.1. The quantitative estimate of drug-likeness (QED) is 0.0250. The Bertz CT molecular complexity index is 8190. The van der Waals surface area contributed by atoms with E-state index in [4.69, 9.17) is 28.4 Å². The van der Waals surface area contributed by atoms with Crippen molar-refractivity contribution in [1.29, 1.82) is 0 Å². The van der Waals surface area contributed by atoms with Gasteiger partial charge in [0.25, 0.3) is 23.6 Å². The summed E-state index contributed by atoms with van der Waals surface area (Å²) in [6.07, 6.45) is 9.82. The van der Waals surface area contributed by atoms with E-state index in [9.17, 15) is 19.2 Å². The van der Waals surface area contributed by atoms with Gasteiger partial charge >= 0.3 is 0 Å². The number of pyridine rings is 1. The number of fused-ring (bicyclic) bond motifs is 6. The number of nitrogens with zero attached hydrogens (tertiary/aromatic N) is 15. The zero-order valence-electron chi connectivity index (χ0n) is 76.4. The van der Waals surface area contributed by atoms with Crippen LogP contribution < -0.4 is 71.0 Å². The number of rotatable bonds is 24. The van der Waals surface area contributed by atoms with Gasteiger partial charge in [-0.05, 0) is 149 Å². The van der Waals surface area contributed by atoms with Gasteiger partial charge in [-0.15, -0.1) is 0 Å². The maximum atomic E-state index is 15.2. The van der Waals surface area contributed by atoms with Crippen LogP contribution in [0.25, 0.3) is 99.8 Å². The van der Waals surface area contributed by atoms with Gasteiger partial charge in [-0.1, -0.05) is 42.5 Å². The summed E-state index contributed by atoms with van der Waals surface area (Å²) in [7, 11) is 5.86. The van der Waals surface area contributed by atoms with E-state index < -0.39 is 46.9 Å². The van der Waals surface area contributed by atoms with E-state index >= 15 is 17.6 Å². The highest BCUT2D eigenvalue weighted by molar-refractivity contribution is 6.04. The highest BCUT2D eigenvalue weighted by atomic mass is 19.1. The Morgan fingerprint density at radius 1 is 0.315 bits per heavy atom. The van der Waals surface area contributed by atoms with E-state index in [1.165, 1.54) is 77.8 Å². The monoisotopic (exact) mass is 1930 g/mol. The van der Waals surface area contributed by atoms with Crippen LogP contribution in [0.4, 0.5) is 64.1 Å². The predicted octanol–water partition coefficient (Wildman–Crippen LogP) is 17.8. The molecular weight excluding hydrogens is 1850 g/mol. The highest BCUT2D eigenvalue weighted by Crippen LogP contribution is 2.42. The molecule has 15 heterocycles. The molecule has 0 aliphatic carbocycles. The molecule has 14 aromatic heterocycles. The summed E-state index contributed by atoms with van der Waals surface area (Å²) in [6.45, 7) is 7.52. The largest absolute Gasteiger partial charge is 0.454 e.